The number of halogens is 1. The molecule has 2 atom stereocenters. The number of nitrogens with one attached hydrogen (secondary N) is 1. The zero-order chi connectivity index (χ0) is 9.97. The predicted molar refractivity (Wildman–Crippen MR) is 65.9 cm³/mol. The fourth-order valence-corrected chi connectivity index (χ4v) is 3.16. The van der Waals surface area contributed by atoms with E-state index in [0.29, 0.717) is 11.3 Å². The first-order chi connectivity index (χ1) is 6.77. The van der Waals surface area contributed by atoms with Gasteiger partial charge in [0.1, 0.15) is 5.82 Å². The Labute approximate surface area is 97.0 Å². The Hall–Kier alpha value is -0.220. The molecule has 0 amide bonds. The summed E-state index contributed by atoms with van der Waals surface area (Å²) < 4.78 is 1.05. The molecule has 2 heterocycles. The number of hydrogen-bond donors (Lipinski definition) is 1. The van der Waals surface area contributed by atoms with Gasteiger partial charge in [-0.1, -0.05) is 6.92 Å². The summed E-state index contributed by atoms with van der Waals surface area (Å²) in [4.78, 5) is 4.31. The summed E-state index contributed by atoms with van der Waals surface area (Å²) in [5.74, 6) is 2.22. The van der Waals surface area contributed by atoms with Gasteiger partial charge in [-0.2, -0.15) is 11.8 Å². The number of hydrogen-bond acceptors (Lipinski definition) is 3. The second-order valence-electron chi connectivity index (χ2n) is 3.45. The maximum atomic E-state index is 4.31. The molecule has 1 aromatic heterocycles. The van der Waals surface area contributed by atoms with Crippen molar-refractivity contribution in [1.82, 2.24) is 4.98 Å². The molecule has 1 aromatic rings. The molecule has 0 spiro atoms. The molecule has 1 N–H and O–H groups in total. The van der Waals surface area contributed by atoms with Crippen LogP contribution in [0.4, 0.5) is 5.82 Å². The molecule has 0 bridgehead atoms. The van der Waals surface area contributed by atoms with Gasteiger partial charge in [-0.3, -0.25) is 0 Å². The van der Waals surface area contributed by atoms with Crippen LogP contribution in [0.5, 0.6) is 0 Å². The molecule has 4 heteroatoms. The highest BCUT2D eigenvalue weighted by Gasteiger charge is 2.24. The number of pyridine rings is 1. The van der Waals surface area contributed by atoms with Crippen LogP contribution in [0.15, 0.2) is 22.8 Å². The zero-order valence-corrected chi connectivity index (χ0v) is 10.4. The summed E-state index contributed by atoms with van der Waals surface area (Å²) in [7, 11) is 0. The molecule has 1 aliphatic rings. The molecule has 2 nitrogen and oxygen atoms in total. The first-order valence-corrected chi connectivity index (χ1v) is 6.60. The second-order valence-corrected chi connectivity index (χ2v) is 5.79. The van der Waals surface area contributed by atoms with Crippen LogP contribution in [0.2, 0.25) is 0 Å². The fourth-order valence-electron chi connectivity index (χ4n) is 1.59. The van der Waals surface area contributed by atoms with Crippen molar-refractivity contribution in [3.63, 3.8) is 0 Å². The van der Waals surface area contributed by atoms with Crippen molar-refractivity contribution >= 4 is 33.5 Å². The maximum Gasteiger partial charge on any atom is 0.140 e. The normalized spacial score (nSPS) is 26.4. The number of thioether (sulfide) groups is 1. The molecule has 76 valence electrons. The molecule has 14 heavy (non-hydrogen) atoms. The van der Waals surface area contributed by atoms with Gasteiger partial charge in [0.25, 0.3) is 0 Å². The lowest BCUT2D eigenvalue weighted by atomic mass is 10.2. The lowest BCUT2D eigenvalue weighted by Gasteiger charge is -2.17. The SMILES string of the molecule is CC1SCCC1Nc1ncccc1Br. The van der Waals surface area contributed by atoms with Crippen LogP contribution in [0.3, 0.4) is 0 Å². The minimum atomic E-state index is 0.561. The van der Waals surface area contributed by atoms with Crippen molar-refractivity contribution in [3.05, 3.63) is 22.8 Å². The highest BCUT2D eigenvalue weighted by Crippen LogP contribution is 2.30. The minimum Gasteiger partial charge on any atom is -0.365 e. The lowest BCUT2D eigenvalue weighted by molar-refractivity contribution is 0.719. The van der Waals surface area contributed by atoms with E-state index in [1.165, 1.54) is 12.2 Å². The molecular formula is C10H13BrN2S. The van der Waals surface area contributed by atoms with Crippen molar-refractivity contribution in [3.8, 4) is 0 Å². The van der Waals surface area contributed by atoms with Gasteiger partial charge >= 0.3 is 0 Å². The van der Waals surface area contributed by atoms with Gasteiger partial charge in [0.05, 0.1) is 4.47 Å². The van der Waals surface area contributed by atoms with Gasteiger partial charge in [0.15, 0.2) is 0 Å². The van der Waals surface area contributed by atoms with Crippen LogP contribution < -0.4 is 5.32 Å². The van der Waals surface area contributed by atoms with Crippen LogP contribution >= 0.6 is 27.7 Å². The molecule has 0 radical (unpaired) electrons. The first kappa shape index (κ1) is 10.3. The molecule has 1 aliphatic heterocycles. The van der Waals surface area contributed by atoms with Crippen LogP contribution in [-0.2, 0) is 0 Å². The van der Waals surface area contributed by atoms with Crippen molar-refractivity contribution in [1.29, 1.82) is 0 Å². The van der Waals surface area contributed by atoms with E-state index in [0.717, 1.165) is 10.3 Å². The third-order valence-electron chi connectivity index (χ3n) is 2.46. The quantitative estimate of drug-likeness (QED) is 0.896. The lowest BCUT2D eigenvalue weighted by Crippen LogP contribution is -2.25. The van der Waals surface area contributed by atoms with E-state index in [2.05, 4.69) is 33.2 Å². The summed E-state index contributed by atoms with van der Waals surface area (Å²) in [6.07, 6.45) is 3.05. The van der Waals surface area contributed by atoms with Gasteiger partial charge in [0, 0.05) is 17.5 Å². The summed E-state index contributed by atoms with van der Waals surface area (Å²) in [6, 6.07) is 4.51. The molecular weight excluding hydrogens is 260 g/mol. The van der Waals surface area contributed by atoms with Gasteiger partial charge in [-0.05, 0) is 40.2 Å². The van der Waals surface area contributed by atoms with Crippen LogP contribution in [0.25, 0.3) is 0 Å². The summed E-state index contributed by atoms with van der Waals surface area (Å²) in [6.45, 7) is 2.27. The van der Waals surface area contributed by atoms with Gasteiger partial charge in [0.2, 0.25) is 0 Å². The van der Waals surface area contributed by atoms with Gasteiger partial charge < -0.3 is 5.32 Å². The van der Waals surface area contributed by atoms with E-state index in [4.69, 9.17) is 0 Å². The van der Waals surface area contributed by atoms with E-state index in [9.17, 15) is 0 Å². The molecule has 0 saturated carbocycles. The average molecular weight is 273 g/mol. The number of nitrogens with zero attached hydrogens (tertiary/aromatic N) is 1. The van der Waals surface area contributed by atoms with E-state index in [1.54, 1.807) is 0 Å². The Morgan fingerprint density at radius 1 is 1.64 bits per heavy atom. The Balaban J connectivity index is 2.07. The number of anilines is 1. The zero-order valence-electron chi connectivity index (χ0n) is 8.03. The van der Waals surface area contributed by atoms with Gasteiger partial charge in [-0.25, -0.2) is 4.98 Å². The topological polar surface area (TPSA) is 24.9 Å². The first-order valence-electron chi connectivity index (χ1n) is 4.76. The standard InChI is InChI=1S/C10H13BrN2S/c1-7-9(4-6-14-7)13-10-8(11)3-2-5-12-10/h2-3,5,7,9H,4,6H2,1H3,(H,12,13). The molecule has 2 unspecified atom stereocenters. The number of aromatic nitrogens is 1. The Morgan fingerprint density at radius 3 is 3.14 bits per heavy atom. The fraction of sp³-hybridized carbons (Fsp3) is 0.500. The van der Waals surface area contributed by atoms with E-state index in [-0.39, 0.29) is 0 Å². The highest BCUT2D eigenvalue weighted by molar-refractivity contribution is 9.10. The van der Waals surface area contributed by atoms with Crippen molar-refractivity contribution in [2.75, 3.05) is 11.1 Å². The van der Waals surface area contributed by atoms with Crippen molar-refractivity contribution in [2.45, 2.75) is 24.6 Å². The highest BCUT2D eigenvalue weighted by atomic mass is 79.9. The van der Waals surface area contributed by atoms with Crippen molar-refractivity contribution in [2.24, 2.45) is 0 Å². The predicted octanol–water partition coefficient (Wildman–Crippen LogP) is 3.15. The Bertz CT molecular complexity index is 319. The number of rotatable bonds is 2. The van der Waals surface area contributed by atoms with Crippen LogP contribution in [0, 0.1) is 0 Å². The third-order valence-corrected chi connectivity index (χ3v) is 4.42. The molecule has 0 aromatic carbocycles. The van der Waals surface area contributed by atoms with E-state index < -0.39 is 0 Å². The monoisotopic (exact) mass is 272 g/mol. The maximum absolute atomic E-state index is 4.31. The average Bonchev–Trinajstić information content (AvgIpc) is 2.56. The third kappa shape index (κ3) is 2.23. The molecule has 1 fully saturated rings. The largest absolute Gasteiger partial charge is 0.365 e. The molecule has 0 aliphatic carbocycles. The van der Waals surface area contributed by atoms with E-state index >= 15 is 0 Å². The summed E-state index contributed by atoms with van der Waals surface area (Å²) in [5, 5.41) is 4.16. The summed E-state index contributed by atoms with van der Waals surface area (Å²) >= 11 is 5.52. The molecule has 2 rings (SSSR count). The van der Waals surface area contributed by atoms with Gasteiger partial charge in [-0.15, -0.1) is 0 Å². The van der Waals surface area contributed by atoms with Crippen LogP contribution in [-0.4, -0.2) is 22.0 Å². The smallest absolute Gasteiger partial charge is 0.140 e. The summed E-state index contributed by atoms with van der Waals surface area (Å²) in [5.41, 5.74) is 0. The Morgan fingerprint density at radius 2 is 2.50 bits per heavy atom. The van der Waals surface area contributed by atoms with E-state index in [1.807, 2.05) is 30.1 Å². The van der Waals surface area contributed by atoms with Crippen LogP contribution in [0.1, 0.15) is 13.3 Å². The Kier molecular flexibility index (Phi) is 3.34. The molecule has 1 saturated heterocycles. The second kappa shape index (κ2) is 4.53. The minimum absolute atomic E-state index is 0.561. The van der Waals surface area contributed by atoms with Crippen molar-refractivity contribution < 1.29 is 0 Å².